The van der Waals surface area contributed by atoms with Gasteiger partial charge in [0.1, 0.15) is 0 Å². The molecule has 0 amide bonds. The maximum atomic E-state index is 12.4. The Hall–Kier alpha value is -1.01. The minimum Gasteiger partial charge on any atom is -0.394 e. The van der Waals surface area contributed by atoms with Gasteiger partial charge in [-0.2, -0.15) is 13.2 Å². The molecule has 0 radical (unpaired) electrons. The first-order valence-electron chi connectivity index (χ1n) is 3.52. The third kappa shape index (κ3) is 1.54. The summed E-state index contributed by atoms with van der Waals surface area (Å²) in [5.74, 6) is 0. The van der Waals surface area contributed by atoms with Gasteiger partial charge < -0.3 is 15.8 Å². The van der Waals surface area contributed by atoms with Crippen LogP contribution in [-0.4, -0.2) is 22.9 Å². The van der Waals surface area contributed by atoms with Crippen LogP contribution >= 0.6 is 0 Å². The second-order valence-electron chi connectivity index (χ2n) is 2.71. The highest BCUT2D eigenvalue weighted by atomic mass is 19.4. The van der Waals surface area contributed by atoms with Crippen LogP contribution in [0.3, 0.4) is 0 Å². The zero-order valence-electron chi connectivity index (χ0n) is 6.60. The van der Waals surface area contributed by atoms with Gasteiger partial charge >= 0.3 is 6.18 Å². The SMILES string of the molecule is N[C@](CO)(c1ccc[nH]1)C(F)(F)F. The number of rotatable bonds is 2. The lowest BCUT2D eigenvalue weighted by molar-refractivity contribution is -0.200. The van der Waals surface area contributed by atoms with E-state index in [2.05, 4.69) is 4.98 Å². The zero-order valence-corrected chi connectivity index (χ0v) is 6.60. The predicted octanol–water partition coefficient (Wildman–Crippen LogP) is 0.723. The lowest BCUT2D eigenvalue weighted by Gasteiger charge is -2.28. The number of aliphatic hydroxyl groups is 1. The molecule has 1 atom stereocenters. The number of nitrogens with two attached hydrogens (primary N) is 1. The van der Waals surface area contributed by atoms with Crippen LogP contribution in [0.2, 0.25) is 0 Å². The second kappa shape index (κ2) is 3.04. The van der Waals surface area contributed by atoms with E-state index >= 15 is 0 Å². The van der Waals surface area contributed by atoms with Gasteiger partial charge in [-0.25, -0.2) is 0 Å². The minimum atomic E-state index is -4.67. The van der Waals surface area contributed by atoms with Crippen LogP contribution in [0.15, 0.2) is 18.3 Å². The molecule has 0 aliphatic carbocycles. The van der Waals surface area contributed by atoms with E-state index in [0.717, 1.165) is 0 Å². The van der Waals surface area contributed by atoms with Gasteiger partial charge in [0.2, 0.25) is 0 Å². The molecule has 74 valence electrons. The van der Waals surface area contributed by atoms with E-state index in [4.69, 9.17) is 10.8 Å². The summed E-state index contributed by atoms with van der Waals surface area (Å²) in [6.45, 7) is -1.18. The minimum absolute atomic E-state index is 0.248. The van der Waals surface area contributed by atoms with E-state index in [0.29, 0.717) is 0 Å². The Labute approximate surface area is 72.4 Å². The highest BCUT2D eigenvalue weighted by molar-refractivity contribution is 5.18. The summed E-state index contributed by atoms with van der Waals surface area (Å²) in [4.78, 5) is 2.33. The van der Waals surface area contributed by atoms with Crippen molar-refractivity contribution in [2.75, 3.05) is 6.61 Å². The Balaban J connectivity index is 3.09. The molecule has 1 aromatic rings. The fourth-order valence-electron chi connectivity index (χ4n) is 0.935. The van der Waals surface area contributed by atoms with E-state index in [1.165, 1.54) is 18.3 Å². The molecule has 0 bridgehead atoms. The molecular weight excluding hydrogens is 185 g/mol. The molecule has 0 spiro atoms. The number of aliphatic hydroxyl groups excluding tert-OH is 1. The van der Waals surface area contributed by atoms with Crippen molar-refractivity contribution in [1.29, 1.82) is 0 Å². The van der Waals surface area contributed by atoms with Crippen molar-refractivity contribution in [3.8, 4) is 0 Å². The molecule has 0 saturated heterocycles. The van der Waals surface area contributed by atoms with Crippen LogP contribution in [0, 0.1) is 0 Å². The average molecular weight is 194 g/mol. The Morgan fingerprint density at radius 2 is 2.08 bits per heavy atom. The molecule has 0 aliphatic heterocycles. The Bertz CT molecular complexity index is 270. The molecular formula is C7H9F3N2O. The number of hydrogen-bond acceptors (Lipinski definition) is 2. The summed E-state index contributed by atoms with van der Waals surface area (Å²) in [6, 6.07) is 2.57. The summed E-state index contributed by atoms with van der Waals surface area (Å²) in [5.41, 5.74) is 2.09. The van der Waals surface area contributed by atoms with E-state index in [-0.39, 0.29) is 5.69 Å². The van der Waals surface area contributed by atoms with Crippen molar-refractivity contribution >= 4 is 0 Å². The predicted molar refractivity (Wildman–Crippen MR) is 39.8 cm³/mol. The molecule has 0 unspecified atom stereocenters. The number of halogens is 3. The number of aromatic nitrogens is 1. The fraction of sp³-hybridized carbons (Fsp3) is 0.429. The van der Waals surface area contributed by atoms with Crippen LogP contribution in [0.1, 0.15) is 5.69 Å². The Morgan fingerprint density at radius 1 is 1.46 bits per heavy atom. The van der Waals surface area contributed by atoms with Gasteiger partial charge in [-0.15, -0.1) is 0 Å². The highest BCUT2D eigenvalue weighted by Gasteiger charge is 2.53. The molecule has 3 nitrogen and oxygen atoms in total. The van der Waals surface area contributed by atoms with Crippen LogP contribution < -0.4 is 5.73 Å². The second-order valence-corrected chi connectivity index (χ2v) is 2.71. The maximum Gasteiger partial charge on any atom is 0.414 e. The first-order chi connectivity index (χ1) is 5.92. The van der Waals surface area contributed by atoms with Gasteiger partial charge in [-0.05, 0) is 12.1 Å². The standard InChI is InChI=1S/C7H9F3N2O/c8-7(9,10)6(11,4-13)5-2-1-3-12-5/h1-3,12-13H,4,11H2/t6-/m1/s1. The van der Waals surface area contributed by atoms with Crippen molar-refractivity contribution in [1.82, 2.24) is 4.98 Å². The summed E-state index contributed by atoms with van der Waals surface area (Å²) < 4.78 is 37.1. The topological polar surface area (TPSA) is 62.0 Å². The van der Waals surface area contributed by atoms with Crippen LogP contribution in [-0.2, 0) is 5.54 Å². The lowest BCUT2D eigenvalue weighted by atomic mass is 9.97. The smallest absolute Gasteiger partial charge is 0.394 e. The zero-order chi connectivity index (χ0) is 10.1. The van der Waals surface area contributed by atoms with Gasteiger partial charge in [0.15, 0.2) is 5.54 Å². The average Bonchev–Trinajstić information content (AvgIpc) is 2.52. The van der Waals surface area contributed by atoms with Crippen LogP contribution in [0.5, 0.6) is 0 Å². The largest absolute Gasteiger partial charge is 0.414 e. The quantitative estimate of drug-likeness (QED) is 0.649. The van der Waals surface area contributed by atoms with Crippen LogP contribution in [0.4, 0.5) is 13.2 Å². The highest BCUT2D eigenvalue weighted by Crippen LogP contribution is 2.35. The normalized spacial score (nSPS) is 17.0. The molecule has 0 aliphatic rings. The van der Waals surface area contributed by atoms with E-state index in [1.54, 1.807) is 0 Å². The molecule has 0 aromatic carbocycles. The Morgan fingerprint density at radius 3 is 2.38 bits per heavy atom. The third-order valence-electron chi connectivity index (χ3n) is 1.83. The van der Waals surface area contributed by atoms with Gasteiger partial charge in [-0.3, -0.25) is 0 Å². The first-order valence-corrected chi connectivity index (χ1v) is 3.52. The van der Waals surface area contributed by atoms with Crippen molar-refractivity contribution in [2.45, 2.75) is 11.7 Å². The van der Waals surface area contributed by atoms with Gasteiger partial charge in [-0.1, -0.05) is 0 Å². The van der Waals surface area contributed by atoms with E-state index in [9.17, 15) is 13.2 Å². The molecule has 4 N–H and O–H groups in total. The number of aromatic amines is 1. The van der Waals surface area contributed by atoms with Crippen molar-refractivity contribution < 1.29 is 18.3 Å². The molecule has 1 heterocycles. The first kappa shape index (κ1) is 10.1. The summed E-state index contributed by atoms with van der Waals surface area (Å²) in [5, 5.41) is 8.63. The van der Waals surface area contributed by atoms with Gasteiger partial charge in [0.25, 0.3) is 0 Å². The summed E-state index contributed by atoms with van der Waals surface area (Å²) in [7, 11) is 0. The molecule has 1 aromatic heterocycles. The molecule has 1 rings (SSSR count). The monoisotopic (exact) mass is 194 g/mol. The lowest BCUT2D eigenvalue weighted by Crippen LogP contribution is -2.53. The molecule has 0 saturated carbocycles. The van der Waals surface area contributed by atoms with Gasteiger partial charge in [0, 0.05) is 11.9 Å². The number of H-pyrrole nitrogens is 1. The van der Waals surface area contributed by atoms with Crippen LogP contribution in [0.25, 0.3) is 0 Å². The number of alkyl halides is 3. The van der Waals surface area contributed by atoms with Crippen molar-refractivity contribution in [2.24, 2.45) is 5.73 Å². The Kier molecular flexibility index (Phi) is 2.36. The molecule has 13 heavy (non-hydrogen) atoms. The number of nitrogens with one attached hydrogen (secondary N) is 1. The summed E-state index contributed by atoms with van der Waals surface area (Å²) in [6.07, 6.45) is -3.36. The van der Waals surface area contributed by atoms with Crippen molar-refractivity contribution in [3.05, 3.63) is 24.0 Å². The van der Waals surface area contributed by atoms with Gasteiger partial charge in [0.05, 0.1) is 6.61 Å². The van der Waals surface area contributed by atoms with E-state index < -0.39 is 18.3 Å². The maximum absolute atomic E-state index is 12.4. The van der Waals surface area contributed by atoms with E-state index in [1.807, 2.05) is 0 Å². The number of hydrogen-bond donors (Lipinski definition) is 3. The summed E-state index contributed by atoms with van der Waals surface area (Å²) >= 11 is 0. The molecule has 0 fully saturated rings. The fourth-order valence-corrected chi connectivity index (χ4v) is 0.935. The molecule has 6 heteroatoms. The van der Waals surface area contributed by atoms with Crippen molar-refractivity contribution in [3.63, 3.8) is 0 Å². The third-order valence-corrected chi connectivity index (χ3v) is 1.83.